The number of pyridine rings is 1. The van der Waals surface area contributed by atoms with Crippen molar-refractivity contribution in [1.82, 2.24) is 25.4 Å². The van der Waals surface area contributed by atoms with Gasteiger partial charge in [0.05, 0.1) is 11.6 Å². The highest BCUT2D eigenvalue weighted by Crippen LogP contribution is 2.30. The van der Waals surface area contributed by atoms with Gasteiger partial charge in [0.15, 0.2) is 0 Å². The Labute approximate surface area is 193 Å². The van der Waals surface area contributed by atoms with Gasteiger partial charge in [-0.15, -0.1) is 0 Å². The number of rotatable bonds is 5. The lowest BCUT2D eigenvalue weighted by Crippen LogP contribution is -2.47. The second-order valence-electron chi connectivity index (χ2n) is 8.60. The Hall–Kier alpha value is -3.71. The lowest BCUT2D eigenvalue weighted by molar-refractivity contribution is 0.147. The number of piperidine rings is 1. The van der Waals surface area contributed by atoms with E-state index in [1.54, 1.807) is 12.4 Å². The van der Waals surface area contributed by atoms with Crippen LogP contribution in [0.2, 0.25) is 0 Å². The Morgan fingerprint density at radius 3 is 2.70 bits per heavy atom. The Balaban J connectivity index is 1.38. The van der Waals surface area contributed by atoms with Crippen LogP contribution in [0.1, 0.15) is 30.9 Å². The molecule has 1 fully saturated rings. The predicted octanol–water partition coefficient (Wildman–Crippen LogP) is 4.97. The molecule has 0 radical (unpaired) electrons. The van der Waals surface area contributed by atoms with E-state index in [1.165, 1.54) is 12.8 Å². The molecule has 5 rings (SSSR count). The van der Waals surface area contributed by atoms with E-state index in [4.69, 9.17) is 0 Å². The Morgan fingerprint density at radius 2 is 1.91 bits per heavy atom. The number of benzene rings is 2. The summed E-state index contributed by atoms with van der Waals surface area (Å²) in [5, 5.41) is 14.8. The highest BCUT2D eigenvalue weighted by molar-refractivity contribution is 5.98. The molecule has 3 heterocycles. The van der Waals surface area contributed by atoms with Gasteiger partial charge in [0.2, 0.25) is 0 Å². The van der Waals surface area contributed by atoms with E-state index in [9.17, 15) is 4.79 Å². The summed E-state index contributed by atoms with van der Waals surface area (Å²) in [5.74, 6) is 0. The molecule has 0 spiro atoms. The number of fused-ring (bicyclic) bond motifs is 1. The van der Waals surface area contributed by atoms with Gasteiger partial charge in [-0.1, -0.05) is 36.8 Å². The molecule has 7 heteroatoms. The minimum atomic E-state index is -0.212. The first-order valence-electron chi connectivity index (χ1n) is 11.4. The Morgan fingerprint density at radius 1 is 1.09 bits per heavy atom. The number of nitrogens with one attached hydrogen (secondary N) is 3. The second-order valence-corrected chi connectivity index (χ2v) is 8.60. The number of urea groups is 1. The van der Waals surface area contributed by atoms with Crippen molar-refractivity contribution in [3.05, 3.63) is 78.6 Å². The normalized spacial score (nSPS) is 17.5. The van der Waals surface area contributed by atoms with Crippen molar-refractivity contribution in [3.8, 4) is 11.3 Å². The van der Waals surface area contributed by atoms with E-state index >= 15 is 0 Å². The number of carbonyl (C=O) groups is 1. The van der Waals surface area contributed by atoms with Crippen LogP contribution in [0.3, 0.4) is 0 Å². The van der Waals surface area contributed by atoms with Crippen molar-refractivity contribution in [3.63, 3.8) is 0 Å². The molecule has 1 aliphatic rings. The number of likely N-dealkylation sites (N-methyl/N-ethyl adjacent to an activating group) is 1. The number of hydrogen-bond donors (Lipinski definition) is 3. The molecular weight excluding hydrogens is 412 g/mol. The quantitative estimate of drug-likeness (QED) is 0.409. The monoisotopic (exact) mass is 440 g/mol. The summed E-state index contributed by atoms with van der Waals surface area (Å²) in [7, 11) is 2.15. The van der Waals surface area contributed by atoms with Crippen LogP contribution in [-0.4, -0.2) is 45.7 Å². The van der Waals surface area contributed by atoms with E-state index in [0.717, 1.165) is 46.4 Å². The van der Waals surface area contributed by atoms with Gasteiger partial charge < -0.3 is 15.5 Å². The molecule has 0 saturated carbocycles. The van der Waals surface area contributed by atoms with Crippen LogP contribution in [0.15, 0.2) is 73.1 Å². The minimum absolute atomic E-state index is 0.0819. The minimum Gasteiger partial charge on any atom is -0.329 e. The van der Waals surface area contributed by atoms with Crippen molar-refractivity contribution < 1.29 is 4.79 Å². The second kappa shape index (κ2) is 9.42. The zero-order chi connectivity index (χ0) is 22.6. The van der Waals surface area contributed by atoms with Crippen molar-refractivity contribution in [2.45, 2.75) is 31.3 Å². The van der Waals surface area contributed by atoms with Crippen LogP contribution in [0, 0.1) is 0 Å². The maximum absolute atomic E-state index is 13.1. The molecular formula is C26H28N6O. The van der Waals surface area contributed by atoms with Gasteiger partial charge in [0, 0.05) is 35.1 Å². The average Bonchev–Trinajstić information content (AvgIpc) is 3.27. The van der Waals surface area contributed by atoms with Crippen molar-refractivity contribution in [2.75, 3.05) is 18.9 Å². The van der Waals surface area contributed by atoms with Crippen LogP contribution in [0.25, 0.3) is 22.2 Å². The van der Waals surface area contributed by atoms with E-state index in [-0.39, 0.29) is 18.1 Å². The fourth-order valence-electron chi connectivity index (χ4n) is 4.71. The average molecular weight is 441 g/mol. The molecule has 33 heavy (non-hydrogen) atoms. The molecule has 2 aromatic heterocycles. The summed E-state index contributed by atoms with van der Waals surface area (Å²) in [6.07, 6.45) is 6.93. The summed E-state index contributed by atoms with van der Waals surface area (Å²) in [6.45, 7) is 1.05. The third-order valence-electron chi connectivity index (χ3n) is 6.43. The van der Waals surface area contributed by atoms with E-state index < -0.39 is 0 Å². The summed E-state index contributed by atoms with van der Waals surface area (Å²) < 4.78 is 0. The third-order valence-corrected chi connectivity index (χ3v) is 6.43. The van der Waals surface area contributed by atoms with Crippen molar-refractivity contribution >= 4 is 22.6 Å². The molecule has 0 aliphatic carbocycles. The molecule has 2 amide bonds. The highest BCUT2D eigenvalue weighted by Gasteiger charge is 2.30. The molecule has 0 bridgehead atoms. The van der Waals surface area contributed by atoms with Gasteiger partial charge in [-0.25, -0.2) is 4.79 Å². The molecule has 168 valence electrons. The number of nitrogens with zero attached hydrogens (tertiary/aromatic N) is 3. The summed E-state index contributed by atoms with van der Waals surface area (Å²) in [5.41, 5.74) is 4.57. The number of hydrogen-bond acceptors (Lipinski definition) is 4. The molecule has 7 nitrogen and oxygen atoms in total. The largest absolute Gasteiger partial charge is 0.329 e. The number of aromatic nitrogens is 3. The first-order chi connectivity index (χ1) is 16.2. The number of H-pyrrole nitrogens is 1. The van der Waals surface area contributed by atoms with Crippen LogP contribution >= 0.6 is 0 Å². The SMILES string of the molecule is CN1CCCC[C@@H]1[C@H](NC(=O)Nc1ccc2[nH]nc(-c3ccncc3)c2c1)c1ccccc1. The maximum Gasteiger partial charge on any atom is 0.319 e. The van der Waals surface area contributed by atoms with E-state index in [1.807, 2.05) is 48.5 Å². The standard InChI is InChI=1S/C26H28N6O/c1-32-16-6-5-9-23(32)25(18-7-3-2-4-8-18)29-26(33)28-20-10-11-22-21(17-20)24(31-30-22)19-12-14-27-15-13-19/h2-4,7-8,10-15,17,23,25H,5-6,9,16H2,1H3,(H,30,31)(H2,28,29,33)/t23-,25-/m1/s1. The van der Waals surface area contributed by atoms with Gasteiger partial charge in [0.25, 0.3) is 0 Å². The molecule has 2 atom stereocenters. The number of likely N-dealkylation sites (tertiary alicyclic amines) is 1. The number of carbonyl (C=O) groups excluding carboxylic acids is 1. The third kappa shape index (κ3) is 4.59. The van der Waals surface area contributed by atoms with Crippen molar-refractivity contribution in [2.24, 2.45) is 0 Å². The van der Waals surface area contributed by atoms with Crippen LogP contribution in [0.4, 0.5) is 10.5 Å². The topological polar surface area (TPSA) is 85.9 Å². The number of anilines is 1. The summed E-state index contributed by atoms with van der Waals surface area (Å²) in [6, 6.07) is 19.8. The van der Waals surface area contributed by atoms with Gasteiger partial charge in [-0.05, 0) is 62.3 Å². The molecule has 1 aliphatic heterocycles. The molecule has 2 aromatic carbocycles. The Bertz CT molecular complexity index is 1220. The maximum atomic E-state index is 13.1. The van der Waals surface area contributed by atoms with Crippen molar-refractivity contribution in [1.29, 1.82) is 0 Å². The fourth-order valence-corrected chi connectivity index (χ4v) is 4.71. The van der Waals surface area contributed by atoms with E-state index in [2.05, 4.69) is 49.9 Å². The molecule has 4 aromatic rings. The highest BCUT2D eigenvalue weighted by atomic mass is 16.2. The first kappa shape index (κ1) is 21.2. The van der Waals surface area contributed by atoms with Crippen LogP contribution in [-0.2, 0) is 0 Å². The Kier molecular flexibility index (Phi) is 6.04. The smallest absolute Gasteiger partial charge is 0.319 e. The zero-order valence-corrected chi connectivity index (χ0v) is 18.7. The zero-order valence-electron chi connectivity index (χ0n) is 18.7. The van der Waals surface area contributed by atoms with E-state index in [0.29, 0.717) is 0 Å². The lowest BCUT2D eigenvalue weighted by atomic mass is 9.91. The summed E-state index contributed by atoms with van der Waals surface area (Å²) >= 11 is 0. The molecule has 1 saturated heterocycles. The van der Waals surface area contributed by atoms with Gasteiger partial charge in [-0.2, -0.15) is 5.10 Å². The number of amides is 2. The molecule has 3 N–H and O–H groups in total. The van der Waals surface area contributed by atoms with Gasteiger partial charge in [0.1, 0.15) is 5.69 Å². The summed E-state index contributed by atoms with van der Waals surface area (Å²) in [4.78, 5) is 19.5. The first-order valence-corrected chi connectivity index (χ1v) is 11.4. The van der Waals surface area contributed by atoms with Crippen LogP contribution < -0.4 is 10.6 Å². The molecule has 0 unspecified atom stereocenters. The predicted molar refractivity (Wildman–Crippen MR) is 131 cm³/mol. The van der Waals surface area contributed by atoms with Gasteiger partial charge >= 0.3 is 6.03 Å². The fraction of sp³-hybridized carbons (Fsp3) is 0.269. The van der Waals surface area contributed by atoms with Gasteiger partial charge in [-0.3, -0.25) is 10.1 Å². The van der Waals surface area contributed by atoms with Crippen LogP contribution in [0.5, 0.6) is 0 Å². The number of aromatic amines is 1. The lowest BCUT2D eigenvalue weighted by Gasteiger charge is -2.38.